The number of rotatable bonds is 12. The smallest absolute Gasteiger partial charge is 0.161 e. The molecule has 15 rings (SSSR count). The maximum Gasteiger partial charge on any atom is 0.161 e. The summed E-state index contributed by atoms with van der Waals surface area (Å²) in [4.78, 5) is 33.4. The number of benzene rings is 11. The molecule has 0 spiro atoms. The highest BCUT2D eigenvalue weighted by Crippen LogP contribution is 2.34. The Morgan fingerprint density at radius 2 is 0.449 bits per heavy atom. The van der Waals surface area contributed by atoms with Crippen molar-refractivity contribution in [2.45, 2.75) is 48.5 Å². The maximum atomic E-state index is 13.5. The van der Waals surface area contributed by atoms with Crippen LogP contribution >= 0.6 is 0 Å². The van der Waals surface area contributed by atoms with Crippen molar-refractivity contribution < 1.29 is 4.39 Å². The number of aryl methyl sites for hydroxylation is 1. The predicted molar refractivity (Wildman–Crippen MR) is 408 cm³/mol. The second-order valence-corrected chi connectivity index (χ2v) is 21.9. The summed E-state index contributed by atoms with van der Waals surface area (Å²) in [7, 11) is 0. The van der Waals surface area contributed by atoms with E-state index in [2.05, 4.69) is 200 Å². The molecule has 0 N–H and O–H groups in total. The minimum absolute atomic E-state index is 0.279. The summed E-state index contributed by atoms with van der Waals surface area (Å²) in [5.74, 6) is 1.70. The molecule has 4 heterocycles. The molecule has 8 heteroatoms. The van der Waals surface area contributed by atoms with Gasteiger partial charge in [-0.1, -0.05) is 308 Å². The first-order chi connectivity index (χ1) is 48.4. The third-order valence-electron chi connectivity index (χ3n) is 15.5. The van der Waals surface area contributed by atoms with Gasteiger partial charge in [0, 0.05) is 62.5 Å². The van der Waals surface area contributed by atoms with Crippen LogP contribution in [0.1, 0.15) is 47.1 Å². The normalized spacial score (nSPS) is 10.2. The number of pyridine rings is 1. The third-order valence-corrected chi connectivity index (χ3v) is 15.5. The number of hydrogen-bond donors (Lipinski definition) is 0. The van der Waals surface area contributed by atoms with Crippen LogP contribution < -0.4 is 0 Å². The predicted octanol–water partition coefficient (Wildman–Crippen LogP) is 24.4. The van der Waals surface area contributed by atoms with E-state index in [0.29, 0.717) is 11.6 Å². The molecule has 0 atom stereocenters. The molecular formula is C90H78FN7. The Morgan fingerprint density at radius 3 is 0.745 bits per heavy atom. The van der Waals surface area contributed by atoms with E-state index in [4.69, 9.17) is 29.9 Å². The van der Waals surface area contributed by atoms with Crippen molar-refractivity contribution in [2.75, 3.05) is 0 Å². The maximum absolute atomic E-state index is 13.5. The van der Waals surface area contributed by atoms with Gasteiger partial charge in [-0.3, -0.25) is 4.98 Å². The van der Waals surface area contributed by atoms with Crippen LogP contribution in [-0.4, -0.2) is 34.9 Å². The Labute approximate surface area is 577 Å². The summed E-state index contributed by atoms with van der Waals surface area (Å²) in [5, 5.41) is 0. The highest BCUT2D eigenvalue weighted by atomic mass is 19.1. The van der Waals surface area contributed by atoms with Crippen molar-refractivity contribution in [1.82, 2.24) is 34.9 Å². The molecule has 0 aliphatic rings. The van der Waals surface area contributed by atoms with Gasteiger partial charge >= 0.3 is 0 Å². The zero-order valence-electron chi connectivity index (χ0n) is 56.4. The number of nitrogens with zero attached hydrogens (tertiary/aromatic N) is 7. The Balaban J connectivity index is 0.000000153. The van der Waals surface area contributed by atoms with Gasteiger partial charge in [-0.15, -0.1) is 0 Å². The van der Waals surface area contributed by atoms with Crippen molar-refractivity contribution in [3.05, 3.63) is 357 Å². The average Bonchev–Trinajstić information content (AvgIpc) is 0.825. The van der Waals surface area contributed by atoms with Gasteiger partial charge in [0.2, 0.25) is 0 Å². The molecule has 0 saturated heterocycles. The highest BCUT2D eigenvalue weighted by Gasteiger charge is 2.16. The van der Waals surface area contributed by atoms with Gasteiger partial charge in [0.15, 0.2) is 17.5 Å². The van der Waals surface area contributed by atoms with Crippen LogP contribution in [0.15, 0.2) is 346 Å². The lowest BCUT2D eigenvalue weighted by atomic mass is 10.0. The summed E-state index contributed by atoms with van der Waals surface area (Å²) < 4.78 is 13.5. The fraction of sp³-hybridized carbons (Fsp3) is 0.0778. The molecule has 15 aromatic rings. The summed E-state index contributed by atoms with van der Waals surface area (Å²) in [6, 6.07) is 112. The molecule has 7 nitrogen and oxygen atoms in total. The molecule has 0 radical (unpaired) electrons. The zero-order chi connectivity index (χ0) is 68.3. The Kier molecular flexibility index (Phi) is 24.7. The minimum atomic E-state index is -0.279. The Bertz CT molecular complexity index is 4620. The van der Waals surface area contributed by atoms with Gasteiger partial charge in [-0.05, 0) is 113 Å². The molecule has 480 valence electrons. The van der Waals surface area contributed by atoms with Crippen molar-refractivity contribution in [3.63, 3.8) is 0 Å². The Hall–Kier alpha value is -12.3. The van der Waals surface area contributed by atoms with Crippen LogP contribution in [-0.2, 0) is 0 Å². The van der Waals surface area contributed by atoms with E-state index in [9.17, 15) is 4.39 Å². The first-order valence-electron chi connectivity index (χ1n) is 33.4. The molecule has 0 aliphatic heterocycles. The molecule has 11 aromatic carbocycles. The molecule has 0 unspecified atom stereocenters. The quantitative estimate of drug-likeness (QED) is 0.120. The zero-order valence-corrected chi connectivity index (χ0v) is 56.4. The Morgan fingerprint density at radius 1 is 0.204 bits per heavy atom. The molecule has 4 aromatic heterocycles. The van der Waals surface area contributed by atoms with Gasteiger partial charge in [0.05, 0.1) is 34.2 Å². The minimum Gasteiger partial charge on any atom is -0.264 e. The lowest BCUT2D eigenvalue weighted by molar-refractivity contribution is 0.628. The molecule has 98 heavy (non-hydrogen) atoms. The molecule has 0 saturated carbocycles. The lowest BCUT2D eigenvalue weighted by Gasteiger charge is -2.11. The topological polar surface area (TPSA) is 90.2 Å². The van der Waals surface area contributed by atoms with Crippen LogP contribution in [0.2, 0.25) is 0 Å². The fourth-order valence-corrected chi connectivity index (χ4v) is 10.7. The second kappa shape index (κ2) is 35.3. The molecule has 0 amide bonds. The first kappa shape index (κ1) is 68.6. The summed E-state index contributed by atoms with van der Waals surface area (Å²) in [6.07, 6.45) is 3.56. The van der Waals surface area contributed by atoms with Gasteiger partial charge in [-0.25, -0.2) is 34.3 Å². The number of aromatic nitrogens is 7. The van der Waals surface area contributed by atoms with Crippen LogP contribution in [0.25, 0.3) is 135 Å². The van der Waals surface area contributed by atoms with Gasteiger partial charge < -0.3 is 0 Å². The van der Waals surface area contributed by atoms with Gasteiger partial charge in [0.1, 0.15) is 5.82 Å². The SMILES string of the molecule is CC.CC.CC.Cc1ccc(-c2nc(-c3ccccc3)cc(-c3cccc(-c4ccccc4)c3)n2)cc1.Fc1ccc(-c2nc(-c3ccccc3)cc(-c3cccc(-c4ccccc4)c3)n2)cc1.c1ccc(-c2cccc(-c3cc(-c4ccccc4)nc(-c4cccnc4)n3)c2)cc1. The second-order valence-electron chi connectivity index (χ2n) is 21.9. The molecular weight excluding hydrogens is 1200 g/mol. The lowest BCUT2D eigenvalue weighted by Crippen LogP contribution is -1.96. The molecule has 0 aliphatic carbocycles. The number of halogens is 1. The van der Waals surface area contributed by atoms with E-state index >= 15 is 0 Å². The van der Waals surface area contributed by atoms with Crippen molar-refractivity contribution in [3.8, 4) is 135 Å². The van der Waals surface area contributed by atoms with Gasteiger partial charge in [0.25, 0.3) is 0 Å². The van der Waals surface area contributed by atoms with Crippen LogP contribution in [0.4, 0.5) is 4.39 Å². The number of hydrogen-bond acceptors (Lipinski definition) is 7. The monoisotopic (exact) mass is 1280 g/mol. The largest absolute Gasteiger partial charge is 0.264 e. The van der Waals surface area contributed by atoms with Crippen molar-refractivity contribution >= 4 is 0 Å². The van der Waals surface area contributed by atoms with E-state index in [1.165, 1.54) is 34.4 Å². The van der Waals surface area contributed by atoms with Crippen molar-refractivity contribution in [2.24, 2.45) is 0 Å². The summed E-state index contributed by atoms with van der Waals surface area (Å²) in [6.45, 7) is 14.1. The molecule has 0 fully saturated rings. The van der Waals surface area contributed by atoms with E-state index < -0.39 is 0 Å². The standard InChI is InChI=1S/C29H22N2.C28H19FN2.C27H19N3.3C2H6/c1-21-15-17-24(18-16-21)29-30-27(23-11-6-3-7-12-23)20-28(31-29)26-14-8-13-25(19-26)22-9-4-2-5-10-22;29-25-16-14-22(15-17-25)28-30-26(21-10-5-2-6-11-21)19-27(31-28)24-13-7-12-23(18-24)20-8-3-1-4-9-20;1-3-9-20(10-4-1)22-13-7-14-23(17-22)26-18-25(21-11-5-2-6-12-21)29-27(30-26)24-15-8-16-28-19-24;3*1-2/h2-20H,1H3;1-19H;1-19H;3*1-2H3. The van der Waals surface area contributed by atoms with Crippen LogP contribution in [0.5, 0.6) is 0 Å². The first-order valence-corrected chi connectivity index (χ1v) is 33.4. The summed E-state index contributed by atoms with van der Waals surface area (Å²) >= 11 is 0. The fourth-order valence-electron chi connectivity index (χ4n) is 10.7. The van der Waals surface area contributed by atoms with Crippen LogP contribution in [0.3, 0.4) is 0 Å². The van der Waals surface area contributed by atoms with E-state index in [1.54, 1.807) is 24.5 Å². The van der Waals surface area contributed by atoms with Crippen molar-refractivity contribution in [1.29, 1.82) is 0 Å². The summed E-state index contributed by atoms with van der Waals surface area (Å²) in [5.41, 5.74) is 22.5. The van der Waals surface area contributed by atoms with E-state index in [0.717, 1.165) is 107 Å². The molecule has 0 bridgehead atoms. The third kappa shape index (κ3) is 18.1. The van der Waals surface area contributed by atoms with E-state index in [-0.39, 0.29) is 5.82 Å². The van der Waals surface area contributed by atoms with Gasteiger partial charge in [-0.2, -0.15) is 0 Å². The highest BCUT2D eigenvalue weighted by molar-refractivity contribution is 5.79. The van der Waals surface area contributed by atoms with Crippen LogP contribution in [0, 0.1) is 12.7 Å². The van der Waals surface area contributed by atoms with E-state index in [1.807, 2.05) is 163 Å². The average molecular weight is 1280 g/mol.